The lowest BCUT2D eigenvalue weighted by Crippen LogP contribution is -2.08. The number of rotatable bonds is 3. The molecular formula is C16H13NO3S. The van der Waals surface area contributed by atoms with E-state index in [1.165, 1.54) is 0 Å². The van der Waals surface area contributed by atoms with Crippen molar-refractivity contribution >= 4 is 27.5 Å². The Balaban J connectivity index is 1.82. The average molecular weight is 299 g/mol. The second kappa shape index (κ2) is 5.54. The number of thiazole rings is 1. The number of hydrogen-bond donors (Lipinski definition) is 0. The number of hydrogen-bond acceptors (Lipinski definition) is 5. The van der Waals surface area contributed by atoms with E-state index in [1.807, 2.05) is 19.1 Å². The molecule has 0 unspecified atom stereocenters. The van der Waals surface area contributed by atoms with Gasteiger partial charge in [-0.3, -0.25) is 0 Å². The SMILES string of the molecule is COc1ccc(OC(=O)c2ccc3nc(C)sc3c2)cc1. The van der Waals surface area contributed by atoms with Crippen LogP contribution in [0.25, 0.3) is 10.2 Å². The standard InChI is InChI=1S/C16H13NO3S/c1-10-17-14-8-3-11(9-15(14)21-10)16(18)20-13-6-4-12(19-2)5-7-13/h3-9H,1-2H3. The van der Waals surface area contributed by atoms with Gasteiger partial charge in [-0.1, -0.05) is 0 Å². The molecule has 0 bridgehead atoms. The Labute approximate surface area is 126 Å². The van der Waals surface area contributed by atoms with E-state index in [0.29, 0.717) is 11.3 Å². The van der Waals surface area contributed by atoms with Gasteiger partial charge in [0.1, 0.15) is 11.5 Å². The van der Waals surface area contributed by atoms with E-state index < -0.39 is 0 Å². The largest absolute Gasteiger partial charge is 0.497 e. The van der Waals surface area contributed by atoms with Gasteiger partial charge < -0.3 is 9.47 Å². The van der Waals surface area contributed by atoms with Crippen LogP contribution in [0.4, 0.5) is 0 Å². The molecule has 106 valence electrons. The molecule has 0 spiro atoms. The predicted octanol–water partition coefficient (Wildman–Crippen LogP) is 3.83. The molecule has 0 atom stereocenters. The normalized spacial score (nSPS) is 10.6. The number of fused-ring (bicyclic) bond motifs is 1. The van der Waals surface area contributed by atoms with E-state index in [0.717, 1.165) is 21.0 Å². The molecular weight excluding hydrogens is 286 g/mol. The van der Waals surface area contributed by atoms with Crippen LogP contribution in [0.3, 0.4) is 0 Å². The number of carbonyl (C=O) groups excluding carboxylic acids is 1. The van der Waals surface area contributed by atoms with Gasteiger partial charge in [0.05, 0.1) is 27.9 Å². The van der Waals surface area contributed by atoms with E-state index in [1.54, 1.807) is 48.8 Å². The van der Waals surface area contributed by atoms with Gasteiger partial charge in [-0.05, 0) is 49.4 Å². The summed E-state index contributed by atoms with van der Waals surface area (Å²) in [6.07, 6.45) is 0. The van der Waals surface area contributed by atoms with Crippen LogP contribution in [0, 0.1) is 6.92 Å². The van der Waals surface area contributed by atoms with Crippen molar-refractivity contribution in [3.05, 3.63) is 53.0 Å². The third kappa shape index (κ3) is 2.87. The minimum absolute atomic E-state index is 0.381. The quantitative estimate of drug-likeness (QED) is 0.545. The minimum atomic E-state index is -0.381. The molecule has 0 saturated heterocycles. The fourth-order valence-corrected chi connectivity index (χ4v) is 2.84. The lowest BCUT2D eigenvalue weighted by atomic mass is 10.2. The van der Waals surface area contributed by atoms with E-state index in [9.17, 15) is 4.79 Å². The van der Waals surface area contributed by atoms with Crippen molar-refractivity contribution in [3.63, 3.8) is 0 Å². The van der Waals surface area contributed by atoms with Gasteiger partial charge in [-0.25, -0.2) is 9.78 Å². The van der Waals surface area contributed by atoms with E-state index in [2.05, 4.69) is 4.98 Å². The topological polar surface area (TPSA) is 48.4 Å². The molecule has 0 N–H and O–H groups in total. The maximum Gasteiger partial charge on any atom is 0.343 e. The van der Waals surface area contributed by atoms with Crippen LogP contribution in [-0.2, 0) is 0 Å². The number of methoxy groups -OCH3 is 1. The van der Waals surface area contributed by atoms with Gasteiger partial charge in [-0.2, -0.15) is 0 Å². The highest BCUT2D eigenvalue weighted by molar-refractivity contribution is 7.18. The summed E-state index contributed by atoms with van der Waals surface area (Å²) in [5, 5.41) is 0.977. The lowest BCUT2D eigenvalue weighted by Gasteiger charge is -2.05. The maximum atomic E-state index is 12.1. The molecule has 4 nitrogen and oxygen atoms in total. The third-order valence-electron chi connectivity index (χ3n) is 3.00. The summed E-state index contributed by atoms with van der Waals surface area (Å²) in [5.41, 5.74) is 1.42. The Hall–Kier alpha value is -2.40. The second-order valence-electron chi connectivity index (χ2n) is 4.48. The highest BCUT2D eigenvalue weighted by atomic mass is 32.1. The number of carbonyl (C=O) groups is 1. The molecule has 0 radical (unpaired) electrons. The van der Waals surface area contributed by atoms with Crippen LogP contribution in [0.1, 0.15) is 15.4 Å². The van der Waals surface area contributed by atoms with Gasteiger partial charge in [0.25, 0.3) is 0 Å². The molecule has 5 heteroatoms. The fourth-order valence-electron chi connectivity index (χ4n) is 1.98. The molecule has 0 amide bonds. The summed E-state index contributed by atoms with van der Waals surface area (Å²) in [7, 11) is 1.59. The fraction of sp³-hybridized carbons (Fsp3) is 0.125. The first-order chi connectivity index (χ1) is 10.2. The van der Waals surface area contributed by atoms with Gasteiger partial charge in [0, 0.05) is 0 Å². The molecule has 2 aromatic carbocycles. The molecule has 21 heavy (non-hydrogen) atoms. The van der Waals surface area contributed by atoms with Crippen molar-refractivity contribution in [2.75, 3.05) is 7.11 Å². The van der Waals surface area contributed by atoms with Crippen LogP contribution in [0.2, 0.25) is 0 Å². The summed E-state index contributed by atoms with van der Waals surface area (Å²) in [6, 6.07) is 12.3. The molecule has 0 aliphatic carbocycles. The summed E-state index contributed by atoms with van der Waals surface area (Å²) in [5.74, 6) is 0.825. The van der Waals surface area contributed by atoms with Gasteiger partial charge >= 0.3 is 5.97 Å². The predicted molar refractivity (Wildman–Crippen MR) is 82.3 cm³/mol. The zero-order valence-corrected chi connectivity index (χ0v) is 12.4. The average Bonchev–Trinajstić information content (AvgIpc) is 2.87. The minimum Gasteiger partial charge on any atom is -0.497 e. The molecule has 1 heterocycles. The summed E-state index contributed by atoms with van der Waals surface area (Å²) < 4.78 is 11.4. The number of benzene rings is 2. The Morgan fingerprint density at radius 2 is 1.81 bits per heavy atom. The second-order valence-corrected chi connectivity index (χ2v) is 5.72. The van der Waals surface area contributed by atoms with Gasteiger partial charge in [-0.15, -0.1) is 11.3 Å². The molecule has 0 aliphatic rings. The van der Waals surface area contributed by atoms with Crippen LogP contribution in [0.5, 0.6) is 11.5 Å². The Morgan fingerprint density at radius 3 is 2.52 bits per heavy atom. The van der Waals surface area contributed by atoms with E-state index in [4.69, 9.17) is 9.47 Å². The molecule has 0 fully saturated rings. The Bertz CT molecular complexity index is 793. The van der Waals surface area contributed by atoms with E-state index >= 15 is 0 Å². The number of ether oxygens (including phenoxy) is 2. The summed E-state index contributed by atoms with van der Waals surface area (Å²) in [4.78, 5) is 16.5. The number of aromatic nitrogens is 1. The van der Waals surface area contributed by atoms with Crippen molar-refractivity contribution in [1.82, 2.24) is 4.98 Å². The highest BCUT2D eigenvalue weighted by Crippen LogP contribution is 2.24. The molecule has 3 aromatic rings. The van der Waals surface area contributed by atoms with Crippen LogP contribution in [0.15, 0.2) is 42.5 Å². The van der Waals surface area contributed by atoms with Crippen molar-refractivity contribution in [1.29, 1.82) is 0 Å². The van der Waals surface area contributed by atoms with Gasteiger partial charge in [0.2, 0.25) is 0 Å². The molecule has 0 aliphatic heterocycles. The van der Waals surface area contributed by atoms with Gasteiger partial charge in [0.15, 0.2) is 0 Å². The number of esters is 1. The molecule has 1 aromatic heterocycles. The first kappa shape index (κ1) is 13.6. The Morgan fingerprint density at radius 1 is 1.10 bits per heavy atom. The van der Waals surface area contributed by atoms with Crippen LogP contribution < -0.4 is 9.47 Å². The van der Waals surface area contributed by atoms with Crippen molar-refractivity contribution < 1.29 is 14.3 Å². The van der Waals surface area contributed by atoms with Crippen molar-refractivity contribution in [3.8, 4) is 11.5 Å². The van der Waals surface area contributed by atoms with Crippen LogP contribution >= 0.6 is 11.3 Å². The zero-order valence-electron chi connectivity index (χ0n) is 11.6. The monoisotopic (exact) mass is 299 g/mol. The van der Waals surface area contributed by atoms with E-state index in [-0.39, 0.29) is 5.97 Å². The smallest absolute Gasteiger partial charge is 0.343 e. The molecule has 3 rings (SSSR count). The van der Waals surface area contributed by atoms with Crippen LogP contribution in [-0.4, -0.2) is 18.1 Å². The molecule has 0 saturated carbocycles. The van der Waals surface area contributed by atoms with Crippen molar-refractivity contribution in [2.24, 2.45) is 0 Å². The van der Waals surface area contributed by atoms with Crippen molar-refractivity contribution in [2.45, 2.75) is 6.92 Å². The number of aryl methyl sites for hydroxylation is 1. The third-order valence-corrected chi connectivity index (χ3v) is 3.93. The first-order valence-electron chi connectivity index (χ1n) is 6.39. The zero-order chi connectivity index (χ0) is 14.8. The summed E-state index contributed by atoms with van der Waals surface area (Å²) in [6.45, 7) is 1.94. The maximum absolute atomic E-state index is 12.1. The number of nitrogens with zero attached hydrogens (tertiary/aromatic N) is 1. The summed E-state index contributed by atoms with van der Waals surface area (Å²) >= 11 is 1.56. The lowest BCUT2D eigenvalue weighted by molar-refractivity contribution is 0.0735. The first-order valence-corrected chi connectivity index (χ1v) is 7.21. The Kier molecular flexibility index (Phi) is 3.58. The highest BCUT2D eigenvalue weighted by Gasteiger charge is 2.11.